The molecule has 6 nitrogen and oxygen atoms in total. The molecule has 0 aliphatic rings. The van der Waals surface area contributed by atoms with E-state index in [0.29, 0.717) is 21.8 Å². The smallest absolute Gasteiger partial charge is 0.275 e. The second-order valence-electron chi connectivity index (χ2n) is 5.09. The van der Waals surface area contributed by atoms with E-state index in [1.165, 1.54) is 7.11 Å². The van der Waals surface area contributed by atoms with Gasteiger partial charge in [0.2, 0.25) is 5.91 Å². The molecule has 0 aliphatic heterocycles. The fourth-order valence-electron chi connectivity index (χ4n) is 2.29. The number of ether oxygens (including phenoxy) is 1. The number of nitrogens with zero attached hydrogens (tertiary/aromatic N) is 2. The van der Waals surface area contributed by atoms with Gasteiger partial charge in [-0.2, -0.15) is 5.10 Å². The van der Waals surface area contributed by atoms with E-state index >= 15 is 0 Å². The Labute approximate surface area is 142 Å². The minimum absolute atomic E-state index is 0.211. The molecular weight excluding hydrogens is 330 g/mol. The third kappa shape index (κ3) is 3.23. The van der Waals surface area contributed by atoms with Gasteiger partial charge in [-0.1, -0.05) is 29.8 Å². The normalized spacial score (nSPS) is 10.6. The predicted octanol–water partition coefficient (Wildman–Crippen LogP) is 2.70. The van der Waals surface area contributed by atoms with E-state index in [-0.39, 0.29) is 12.1 Å². The summed E-state index contributed by atoms with van der Waals surface area (Å²) in [4.78, 5) is 24.6. The van der Waals surface area contributed by atoms with E-state index in [0.717, 1.165) is 10.1 Å². The summed E-state index contributed by atoms with van der Waals surface area (Å²) in [5, 5.41) is 8.31. The first-order valence-corrected chi connectivity index (χ1v) is 7.54. The average Bonchev–Trinajstić information content (AvgIpc) is 2.59. The summed E-state index contributed by atoms with van der Waals surface area (Å²) in [5.41, 5.74) is 0.0924. The van der Waals surface area contributed by atoms with Crippen LogP contribution in [0.2, 0.25) is 5.02 Å². The molecule has 7 heteroatoms. The molecule has 3 rings (SSSR count). The van der Waals surface area contributed by atoms with Gasteiger partial charge in [0.1, 0.15) is 12.3 Å². The maximum Gasteiger partial charge on any atom is 0.275 e. The molecular formula is C17H14ClN3O3. The molecule has 3 aromatic rings. The van der Waals surface area contributed by atoms with Crippen molar-refractivity contribution in [2.24, 2.45) is 0 Å². The number of fused-ring (bicyclic) bond motifs is 1. The zero-order chi connectivity index (χ0) is 17.1. The van der Waals surface area contributed by atoms with E-state index in [4.69, 9.17) is 16.3 Å². The van der Waals surface area contributed by atoms with Crippen molar-refractivity contribution < 1.29 is 9.53 Å². The molecule has 0 spiro atoms. The van der Waals surface area contributed by atoms with Crippen molar-refractivity contribution in [1.82, 2.24) is 9.78 Å². The lowest BCUT2D eigenvalue weighted by Crippen LogP contribution is -2.29. The van der Waals surface area contributed by atoms with Gasteiger partial charge < -0.3 is 10.1 Å². The largest absolute Gasteiger partial charge is 0.497 e. The number of rotatable bonds is 4. The van der Waals surface area contributed by atoms with Crippen LogP contribution in [0, 0.1) is 0 Å². The van der Waals surface area contributed by atoms with Gasteiger partial charge in [-0.15, -0.1) is 0 Å². The molecule has 1 N–H and O–H groups in total. The van der Waals surface area contributed by atoms with Crippen molar-refractivity contribution in [3.05, 3.63) is 64.0 Å². The van der Waals surface area contributed by atoms with Crippen molar-refractivity contribution in [3.63, 3.8) is 0 Å². The second-order valence-corrected chi connectivity index (χ2v) is 5.50. The van der Waals surface area contributed by atoms with Crippen LogP contribution < -0.4 is 15.6 Å². The van der Waals surface area contributed by atoms with E-state index in [2.05, 4.69) is 10.4 Å². The van der Waals surface area contributed by atoms with Crippen LogP contribution in [0.1, 0.15) is 0 Å². The lowest BCUT2D eigenvalue weighted by molar-refractivity contribution is -0.117. The molecule has 0 radical (unpaired) electrons. The molecule has 0 bridgehead atoms. The molecule has 0 fully saturated rings. The standard InChI is InChI=1S/C17H14ClN3O3/c1-24-12-6-7-14(18)15(8-12)20-16(22)10-21-17(23)13-5-3-2-4-11(13)9-19-21/h2-9H,10H2,1H3,(H,20,22). The Hall–Kier alpha value is -2.86. The molecule has 0 saturated heterocycles. The van der Waals surface area contributed by atoms with Crippen molar-refractivity contribution in [2.45, 2.75) is 6.54 Å². The monoisotopic (exact) mass is 343 g/mol. The Balaban J connectivity index is 1.83. The third-order valence-electron chi connectivity index (χ3n) is 3.50. The van der Waals surface area contributed by atoms with Crippen LogP contribution in [0.4, 0.5) is 5.69 Å². The summed E-state index contributed by atoms with van der Waals surface area (Å²) in [6.45, 7) is -0.211. The molecule has 0 saturated carbocycles. The number of aromatic nitrogens is 2. The van der Waals surface area contributed by atoms with Crippen LogP contribution in [0.25, 0.3) is 10.8 Å². The van der Waals surface area contributed by atoms with Gasteiger partial charge in [0.15, 0.2) is 0 Å². The molecule has 1 amide bonds. The summed E-state index contributed by atoms with van der Waals surface area (Å²) in [6, 6.07) is 12.0. The van der Waals surface area contributed by atoms with Gasteiger partial charge in [-0.05, 0) is 18.2 Å². The number of anilines is 1. The first kappa shape index (κ1) is 16.0. The molecule has 1 aromatic heterocycles. The van der Waals surface area contributed by atoms with Gasteiger partial charge in [0, 0.05) is 11.5 Å². The minimum atomic E-state index is -0.407. The lowest BCUT2D eigenvalue weighted by atomic mass is 10.2. The Morgan fingerprint density at radius 3 is 2.88 bits per heavy atom. The number of carbonyl (C=O) groups is 1. The van der Waals surface area contributed by atoms with Crippen LogP contribution in [0.5, 0.6) is 5.75 Å². The first-order valence-electron chi connectivity index (χ1n) is 7.17. The first-order chi connectivity index (χ1) is 11.6. The topological polar surface area (TPSA) is 73.2 Å². The number of hydrogen-bond donors (Lipinski definition) is 1. The molecule has 0 unspecified atom stereocenters. The summed E-state index contributed by atoms with van der Waals surface area (Å²) >= 11 is 6.06. The van der Waals surface area contributed by atoms with Crippen LogP contribution >= 0.6 is 11.6 Å². The van der Waals surface area contributed by atoms with Gasteiger partial charge >= 0.3 is 0 Å². The molecule has 2 aromatic carbocycles. The maximum absolute atomic E-state index is 12.4. The van der Waals surface area contributed by atoms with E-state index in [1.807, 2.05) is 6.07 Å². The average molecular weight is 344 g/mol. The molecule has 0 atom stereocenters. The van der Waals surface area contributed by atoms with Crippen molar-refractivity contribution in [1.29, 1.82) is 0 Å². The number of benzene rings is 2. The Kier molecular flexibility index (Phi) is 4.48. The quantitative estimate of drug-likeness (QED) is 0.790. The maximum atomic E-state index is 12.4. The summed E-state index contributed by atoms with van der Waals surface area (Å²) in [7, 11) is 1.52. The zero-order valence-electron chi connectivity index (χ0n) is 12.8. The Bertz CT molecular complexity index is 969. The highest BCUT2D eigenvalue weighted by molar-refractivity contribution is 6.33. The van der Waals surface area contributed by atoms with E-state index < -0.39 is 5.91 Å². The van der Waals surface area contributed by atoms with Crippen LogP contribution in [0.3, 0.4) is 0 Å². The van der Waals surface area contributed by atoms with E-state index in [9.17, 15) is 9.59 Å². The SMILES string of the molecule is COc1ccc(Cl)c(NC(=O)Cn2ncc3ccccc3c2=O)c1. The fraction of sp³-hybridized carbons (Fsp3) is 0.118. The van der Waals surface area contributed by atoms with Crippen LogP contribution in [-0.2, 0) is 11.3 Å². The molecule has 24 heavy (non-hydrogen) atoms. The Morgan fingerprint density at radius 2 is 2.08 bits per heavy atom. The molecule has 0 aliphatic carbocycles. The third-order valence-corrected chi connectivity index (χ3v) is 3.83. The zero-order valence-corrected chi connectivity index (χ0v) is 13.6. The van der Waals surface area contributed by atoms with Gasteiger partial charge in [-0.25, -0.2) is 4.68 Å². The minimum Gasteiger partial charge on any atom is -0.497 e. The summed E-state index contributed by atoms with van der Waals surface area (Å²) in [5.74, 6) is 0.158. The van der Waals surface area contributed by atoms with Crippen LogP contribution in [0.15, 0.2) is 53.5 Å². The number of amides is 1. The van der Waals surface area contributed by atoms with Gasteiger partial charge in [0.25, 0.3) is 5.56 Å². The summed E-state index contributed by atoms with van der Waals surface area (Å²) < 4.78 is 6.22. The second kappa shape index (κ2) is 6.72. The summed E-state index contributed by atoms with van der Waals surface area (Å²) in [6.07, 6.45) is 1.56. The predicted molar refractivity (Wildman–Crippen MR) is 92.6 cm³/mol. The van der Waals surface area contributed by atoms with Gasteiger partial charge in [-0.3, -0.25) is 9.59 Å². The lowest BCUT2D eigenvalue weighted by Gasteiger charge is -2.10. The number of nitrogens with one attached hydrogen (secondary N) is 1. The van der Waals surface area contributed by atoms with Crippen molar-refractivity contribution >= 4 is 34.0 Å². The van der Waals surface area contributed by atoms with E-state index in [1.54, 1.807) is 42.6 Å². The number of hydrogen-bond acceptors (Lipinski definition) is 4. The molecule has 1 heterocycles. The highest BCUT2D eigenvalue weighted by Crippen LogP contribution is 2.26. The Morgan fingerprint density at radius 1 is 1.29 bits per heavy atom. The van der Waals surface area contributed by atoms with Gasteiger partial charge in [0.05, 0.1) is 29.4 Å². The number of methoxy groups -OCH3 is 1. The number of halogens is 1. The highest BCUT2D eigenvalue weighted by atomic mass is 35.5. The fourth-order valence-corrected chi connectivity index (χ4v) is 2.46. The van der Waals surface area contributed by atoms with Crippen molar-refractivity contribution in [2.75, 3.05) is 12.4 Å². The number of carbonyl (C=O) groups excluding carboxylic acids is 1. The molecule has 122 valence electrons. The highest BCUT2D eigenvalue weighted by Gasteiger charge is 2.11. The van der Waals surface area contributed by atoms with Crippen LogP contribution in [-0.4, -0.2) is 22.8 Å². The van der Waals surface area contributed by atoms with Crippen molar-refractivity contribution in [3.8, 4) is 5.75 Å².